The monoisotopic (exact) mass is 514 g/mol. The van der Waals surface area contributed by atoms with Crippen LogP contribution in [0.1, 0.15) is 56.3 Å². The Kier molecular flexibility index (Phi) is 6.91. The first-order chi connectivity index (χ1) is 17.6. The van der Waals surface area contributed by atoms with Crippen molar-refractivity contribution in [2.75, 3.05) is 26.2 Å². The minimum absolute atomic E-state index is 0.0513. The molecule has 1 amide bonds. The van der Waals surface area contributed by atoms with Crippen molar-refractivity contribution in [2.24, 2.45) is 0 Å². The molecular weight excluding hydrogens is 481 g/mol. The lowest BCUT2D eigenvalue weighted by Gasteiger charge is -2.43. The molecule has 0 atom stereocenters. The highest BCUT2D eigenvalue weighted by atomic mass is 19.4. The number of pyridine rings is 1. The number of hydrogen-bond acceptors (Lipinski definition) is 4. The number of alkyl halides is 3. The summed E-state index contributed by atoms with van der Waals surface area (Å²) in [5.74, 6) is 1.47. The van der Waals surface area contributed by atoms with E-state index in [9.17, 15) is 18.0 Å². The lowest BCUT2D eigenvalue weighted by atomic mass is 9.94. The summed E-state index contributed by atoms with van der Waals surface area (Å²) < 4.78 is 46.9. The SMILES string of the molecule is CC(C)(CC(F)(F)F)N1CCC(Oc2ccc(-n3ccc4cc(C(=O)N5CCCC5)ccc43)nc2)CC1. The van der Waals surface area contributed by atoms with E-state index in [1.54, 1.807) is 20.0 Å². The molecule has 0 bridgehead atoms. The van der Waals surface area contributed by atoms with E-state index in [0.29, 0.717) is 37.2 Å². The Hall–Kier alpha value is -3.07. The van der Waals surface area contributed by atoms with Crippen molar-refractivity contribution in [2.45, 2.75) is 63.8 Å². The van der Waals surface area contributed by atoms with Gasteiger partial charge in [0.2, 0.25) is 0 Å². The third-order valence-electron chi connectivity index (χ3n) is 7.53. The average Bonchev–Trinajstić information content (AvgIpc) is 3.53. The van der Waals surface area contributed by atoms with Crippen molar-refractivity contribution in [1.82, 2.24) is 19.4 Å². The summed E-state index contributed by atoms with van der Waals surface area (Å²) in [6.07, 6.45) is 2.05. The van der Waals surface area contributed by atoms with Gasteiger partial charge in [-0.15, -0.1) is 0 Å². The van der Waals surface area contributed by atoms with Crippen molar-refractivity contribution < 1.29 is 22.7 Å². The van der Waals surface area contributed by atoms with Gasteiger partial charge in [-0.05, 0) is 75.9 Å². The fraction of sp³-hybridized carbons (Fsp3) is 0.500. The van der Waals surface area contributed by atoms with Crippen LogP contribution in [0.2, 0.25) is 0 Å². The Labute approximate surface area is 215 Å². The first-order valence-electron chi connectivity index (χ1n) is 12.9. The zero-order chi connectivity index (χ0) is 26.2. The highest BCUT2D eigenvalue weighted by Crippen LogP contribution is 2.33. The predicted molar refractivity (Wildman–Crippen MR) is 136 cm³/mol. The minimum atomic E-state index is -4.18. The molecule has 3 aromatic rings. The molecule has 2 aliphatic rings. The molecule has 1 aromatic carbocycles. The molecule has 2 fully saturated rings. The van der Waals surface area contributed by atoms with Crippen molar-refractivity contribution in [1.29, 1.82) is 0 Å². The van der Waals surface area contributed by atoms with E-state index < -0.39 is 18.1 Å². The van der Waals surface area contributed by atoms with Gasteiger partial charge in [0.25, 0.3) is 5.91 Å². The quantitative estimate of drug-likeness (QED) is 0.415. The van der Waals surface area contributed by atoms with Crippen LogP contribution in [-0.2, 0) is 0 Å². The average molecular weight is 515 g/mol. The highest BCUT2D eigenvalue weighted by molar-refractivity contribution is 5.98. The second-order valence-corrected chi connectivity index (χ2v) is 10.7. The highest BCUT2D eigenvalue weighted by Gasteiger charge is 2.41. The summed E-state index contributed by atoms with van der Waals surface area (Å²) >= 11 is 0. The molecule has 0 N–H and O–H groups in total. The Bertz CT molecular complexity index is 1240. The van der Waals surface area contributed by atoms with Gasteiger partial charge in [-0.3, -0.25) is 9.69 Å². The summed E-state index contributed by atoms with van der Waals surface area (Å²) in [5.41, 5.74) is 0.749. The molecule has 5 rings (SSSR count). The maximum atomic E-state index is 12.9. The van der Waals surface area contributed by atoms with Gasteiger partial charge in [0.1, 0.15) is 17.7 Å². The summed E-state index contributed by atoms with van der Waals surface area (Å²) in [6.45, 7) is 6.09. The predicted octanol–water partition coefficient (Wildman–Crippen LogP) is 5.84. The van der Waals surface area contributed by atoms with Gasteiger partial charge in [-0.1, -0.05) is 0 Å². The molecule has 0 radical (unpaired) electrons. The molecule has 2 aromatic heterocycles. The number of likely N-dealkylation sites (tertiary alicyclic amines) is 2. The van der Waals surface area contributed by atoms with Crippen LogP contribution in [0, 0.1) is 0 Å². The summed E-state index contributed by atoms with van der Waals surface area (Å²) in [6, 6.07) is 11.5. The van der Waals surface area contributed by atoms with E-state index in [4.69, 9.17) is 4.74 Å². The molecule has 4 heterocycles. The second kappa shape index (κ2) is 10.0. The van der Waals surface area contributed by atoms with Crippen molar-refractivity contribution in [3.8, 4) is 11.6 Å². The molecule has 9 heteroatoms. The molecule has 0 saturated carbocycles. The fourth-order valence-corrected chi connectivity index (χ4v) is 5.54. The fourth-order valence-electron chi connectivity index (χ4n) is 5.54. The number of nitrogens with zero attached hydrogens (tertiary/aromatic N) is 4. The second-order valence-electron chi connectivity index (χ2n) is 10.7. The van der Waals surface area contributed by atoms with Gasteiger partial charge in [-0.25, -0.2) is 4.98 Å². The summed E-state index contributed by atoms with van der Waals surface area (Å²) in [4.78, 5) is 21.1. The van der Waals surface area contributed by atoms with Crippen LogP contribution in [0.25, 0.3) is 16.7 Å². The third kappa shape index (κ3) is 5.76. The molecule has 0 spiro atoms. The summed E-state index contributed by atoms with van der Waals surface area (Å²) in [7, 11) is 0. The molecule has 6 nitrogen and oxygen atoms in total. The summed E-state index contributed by atoms with van der Waals surface area (Å²) in [5, 5.41) is 0.979. The third-order valence-corrected chi connectivity index (χ3v) is 7.53. The molecule has 37 heavy (non-hydrogen) atoms. The van der Waals surface area contributed by atoms with E-state index >= 15 is 0 Å². The Balaban J connectivity index is 1.21. The van der Waals surface area contributed by atoms with E-state index in [-0.39, 0.29) is 12.0 Å². The largest absolute Gasteiger partial charge is 0.489 e. The van der Waals surface area contributed by atoms with E-state index in [1.165, 1.54) is 0 Å². The van der Waals surface area contributed by atoms with Crippen LogP contribution >= 0.6 is 0 Å². The maximum absolute atomic E-state index is 12.9. The maximum Gasteiger partial charge on any atom is 0.390 e. The zero-order valence-electron chi connectivity index (χ0n) is 21.3. The Morgan fingerprint density at radius 3 is 2.41 bits per heavy atom. The number of aromatic nitrogens is 2. The van der Waals surface area contributed by atoms with Gasteiger partial charge in [0.05, 0.1) is 18.1 Å². The lowest BCUT2D eigenvalue weighted by molar-refractivity contribution is -0.161. The number of hydrogen-bond donors (Lipinski definition) is 0. The number of fused-ring (bicyclic) bond motifs is 1. The van der Waals surface area contributed by atoms with Gasteiger partial charge >= 0.3 is 6.18 Å². The standard InChI is InChI=1S/C28H33F3N4O2/c1-27(2,19-28(29,30)31)34-14-10-22(11-15-34)37-23-6-8-25(32-18-23)35-16-9-20-17-21(5-7-24(20)35)26(36)33-12-3-4-13-33/h5-9,16-18,22H,3-4,10-15,19H2,1-2H3. The van der Waals surface area contributed by atoms with Crippen molar-refractivity contribution >= 4 is 16.8 Å². The Morgan fingerprint density at radius 2 is 1.76 bits per heavy atom. The lowest BCUT2D eigenvalue weighted by Crippen LogP contribution is -2.51. The van der Waals surface area contributed by atoms with Crippen LogP contribution in [0.15, 0.2) is 48.8 Å². The van der Waals surface area contributed by atoms with Gasteiger partial charge in [-0.2, -0.15) is 13.2 Å². The first kappa shape index (κ1) is 25.6. The Morgan fingerprint density at radius 1 is 1.03 bits per heavy atom. The number of benzene rings is 1. The van der Waals surface area contributed by atoms with Crippen LogP contribution in [0.5, 0.6) is 5.75 Å². The van der Waals surface area contributed by atoms with Crippen LogP contribution < -0.4 is 4.74 Å². The number of carbonyl (C=O) groups excluding carboxylic acids is 1. The van der Waals surface area contributed by atoms with E-state index in [0.717, 1.165) is 42.7 Å². The van der Waals surface area contributed by atoms with E-state index in [2.05, 4.69) is 4.98 Å². The molecule has 2 saturated heterocycles. The number of halogens is 3. The molecule has 0 unspecified atom stereocenters. The smallest absolute Gasteiger partial charge is 0.390 e. The molecule has 198 valence electrons. The first-order valence-corrected chi connectivity index (χ1v) is 12.9. The van der Waals surface area contributed by atoms with Crippen LogP contribution in [0.3, 0.4) is 0 Å². The van der Waals surface area contributed by atoms with Crippen LogP contribution in [-0.4, -0.2) is 69.3 Å². The topological polar surface area (TPSA) is 50.6 Å². The van der Waals surface area contributed by atoms with Gasteiger partial charge in [0.15, 0.2) is 0 Å². The molecular formula is C28H33F3N4O2. The van der Waals surface area contributed by atoms with Gasteiger partial charge in [0, 0.05) is 48.9 Å². The van der Waals surface area contributed by atoms with Crippen LogP contribution in [0.4, 0.5) is 13.2 Å². The minimum Gasteiger partial charge on any atom is -0.489 e. The van der Waals surface area contributed by atoms with Gasteiger partial charge < -0.3 is 14.2 Å². The van der Waals surface area contributed by atoms with Crippen molar-refractivity contribution in [3.63, 3.8) is 0 Å². The number of rotatable bonds is 6. The molecule has 2 aliphatic heterocycles. The molecule has 0 aliphatic carbocycles. The number of piperidine rings is 1. The van der Waals surface area contributed by atoms with E-state index in [1.807, 2.05) is 57.0 Å². The number of carbonyl (C=O) groups is 1. The number of ether oxygens (including phenoxy) is 1. The van der Waals surface area contributed by atoms with Crippen molar-refractivity contribution in [3.05, 3.63) is 54.4 Å². The zero-order valence-corrected chi connectivity index (χ0v) is 21.3. The normalized spacial score (nSPS) is 18.0. The number of amides is 1.